The van der Waals surface area contributed by atoms with Crippen molar-refractivity contribution in [2.75, 3.05) is 9.80 Å². The lowest BCUT2D eigenvalue weighted by atomic mass is 10.1. The molecular formula is C27H25Br3N2O6. The highest BCUT2D eigenvalue weighted by Crippen LogP contribution is 2.48. The average Bonchev–Trinajstić information content (AvgIpc) is 3.17. The van der Waals surface area contributed by atoms with Crippen molar-refractivity contribution < 1.29 is 28.7 Å². The first-order valence-electron chi connectivity index (χ1n) is 11.6. The number of aryl methyl sites for hydroxylation is 1. The number of Topliss-reactive ketones (excluding diaryl/α,β-unsaturated/α-hetero) is 2. The van der Waals surface area contributed by atoms with Gasteiger partial charge in [0.05, 0.1) is 16.9 Å². The second kappa shape index (κ2) is 9.60. The smallest absolute Gasteiger partial charge is 0.419 e. The number of carbonyl (C=O) groups is 4. The van der Waals surface area contributed by atoms with Crippen LogP contribution in [0.4, 0.5) is 21.0 Å². The van der Waals surface area contributed by atoms with E-state index in [1.807, 2.05) is 0 Å². The van der Waals surface area contributed by atoms with Gasteiger partial charge in [-0.05, 0) is 110 Å². The van der Waals surface area contributed by atoms with Gasteiger partial charge in [0.25, 0.3) is 0 Å². The Labute approximate surface area is 245 Å². The Morgan fingerprint density at radius 2 is 1.08 bits per heavy atom. The normalized spacial score (nSPS) is 17.1. The highest BCUT2D eigenvalue weighted by Gasteiger charge is 2.50. The fourth-order valence-corrected chi connectivity index (χ4v) is 6.34. The van der Waals surface area contributed by atoms with Crippen LogP contribution in [0.1, 0.15) is 67.8 Å². The Kier molecular flexibility index (Phi) is 7.20. The van der Waals surface area contributed by atoms with E-state index in [1.165, 1.54) is 0 Å². The molecule has 0 saturated carbocycles. The van der Waals surface area contributed by atoms with E-state index in [-0.39, 0.29) is 33.9 Å². The maximum Gasteiger partial charge on any atom is 0.419 e. The molecule has 0 spiro atoms. The third-order valence-electron chi connectivity index (χ3n) is 5.43. The van der Waals surface area contributed by atoms with Crippen LogP contribution in [-0.4, -0.2) is 35.0 Å². The number of anilines is 2. The Hall–Kier alpha value is -2.50. The molecule has 2 amide bonds. The number of rotatable bonds is 0. The first kappa shape index (κ1) is 28.5. The summed E-state index contributed by atoms with van der Waals surface area (Å²) in [6, 6.07) is 6.61. The van der Waals surface area contributed by atoms with Gasteiger partial charge in [0.2, 0.25) is 11.6 Å². The van der Waals surface area contributed by atoms with Gasteiger partial charge in [0.1, 0.15) is 22.6 Å². The van der Waals surface area contributed by atoms with Gasteiger partial charge < -0.3 is 9.47 Å². The zero-order chi connectivity index (χ0) is 28.5. The van der Waals surface area contributed by atoms with E-state index >= 15 is 0 Å². The first-order chi connectivity index (χ1) is 17.4. The number of ketones is 2. The summed E-state index contributed by atoms with van der Waals surface area (Å²) in [6.45, 7) is 12.0. The van der Waals surface area contributed by atoms with Crippen molar-refractivity contribution in [3.63, 3.8) is 0 Å². The van der Waals surface area contributed by atoms with Crippen LogP contribution in [-0.2, 0) is 9.47 Å². The Balaban J connectivity index is 2.07. The van der Waals surface area contributed by atoms with Crippen LogP contribution in [0.5, 0.6) is 0 Å². The molecule has 0 saturated heterocycles. The highest BCUT2D eigenvalue weighted by atomic mass is 79.9. The van der Waals surface area contributed by atoms with E-state index in [1.54, 1.807) is 72.7 Å². The fraction of sp³-hybridized carbons (Fsp3) is 0.333. The van der Waals surface area contributed by atoms with Crippen molar-refractivity contribution in [3.05, 3.63) is 65.8 Å². The third kappa shape index (κ3) is 5.08. The number of hydrogen-bond acceptors (Lipinski definition) is 6. The quantitative estimate of drug-likeness (QED) is 0.257. The molecule has 0 unspecified atom stereocenters. The minimum atomic E-state index is -0.909. The molecule has 2 aromatic rings. The summed E-state index contributed by atoms with van der Waals surface area (Å²) in [5.74, 6) is -1.22. The summed E-state index contributed by atoms with van der Waals surface area (Å²) in [4.78, 5) is 57.3. The van der Waals surface area contributed by atoms with Crippen molar-refractivity contribution in [1.29, 1.82) is 0 Å². The topological polar surface area (TPSA) is 93.2 Å². The number of benzene rings is 2. The summed E-state index contributed by atoms with van der Waals surface area (Å²) in [5.41, 5.74) is -0.869. The molecule has 200 valence electrons. The van der Waals surface area contributed by atoms with Gasteiger partial charge in [-0.3, -0.25) is 9.59 Å². The molecule has 2 aromatic carbocycles. The van der Waals surface area contributed by atoms with E-state index in [0.29, 0.717) is 13.4 Å². The number of halogens is 3. The maximum absolute atomic E-state index is 14.0. The molecule has 11 heteroatoms. The van der Waals surface area contributed by atoms with Gasteiger partial charge in [0.15, 0.2) is 0 Å². The van der Waals surface area contributed by atoms with E-state index in [9.17, 15) is 19.2 Å². The number of fused-ring (bicyclic) bond motifs is 2. The monoisotopic (exact) mass is 710 g/mol. The van der Waals surface area contributed by atoms with Gasteiger partial charge in [0, 0.05) is 19.0 Å². The molecule has 0 radical (unpaired) electrons. The minimum Gasteiger partial charge on any atom is -0.443 e. The summed E-state index contributed by atoms with van der Waals surface area (Å²) < 4.78 is 12.7. The van der Waals surface area contributed by atoms with Gasteiger partial charge >= 0.3 is 12.2 Å². The molecule has 0 bridgehead atoms. The molecule has 2 aliphatic heterocycles. The fourth-order valence-electron chi connectivity index (χ4n) is 4.19. The van der Waals surface area contributed by atoms with Crippen molar-refractivity contribution in [1.82, 2.24) is 0 Å². The third-order valence-corrected chi connectivity index (χ3v) is 7.09. The molecule has 2 heterocycles. The second-order valence-electron chi connectivity index (χ2n) is 10.9. The predicted molar refractivity (Wildman–Crippen MR) is 154 cm³/mol. The lowest BCUT2D eigenvalue weighted by molar-refractivity contribution is 0.0571. The number of hydrogen-bond donors (Lipinski definition) is 0. The van der Waals surface area contributed by atoms with Crippen LogP contribution in [0.25, 0.3) is 0 Å². The molecule has 0 atom stereocenters. The number of ether oxygens (including phenoxy) is 2. The maximum atomic E-state index is 14.0. The highest BCUT2D eigenvalue weighted by molar-refractivity contribution is 9.11. The van der Waals surface area contributed by atoms with Crippen LogP contribution in [0.15, 0.2) is 49.1 Å². The molecule has 0 fully saturated rings. The minimum absolute atomic E-state index is 0.155. The number of nitrogens with zero attached hydrogens (tertiary/aromatic N) is 2. The van der Waals surface area contributed by atoms with E-state index in [0.717, 1.165) is 15.4 Å². The number of allylic oxidation sites excluding steroid dienone is 2. The van der Waals surface area contributed by atoms with E-state index in [4.69, 9.17) is 9.47 Å². The summed E-state index contributed by atoms with van der Waals surface area (Å²) in [6.07, 6.45) is -1.75. The zero-order valence-electron chi connectivity index (χ0n) is 21.8. The van der Waals surface area contributed by atoms with E-state index < -0.39 is 35.0 Å². The average molecular weight is 713 g/mol. The van der Waals surface area contributed by atoms with Gasteiger partial charge in [-0.1, -0.05) is 15.9 Å². The van der Waals surface area contributed by atoms with Crippen molar-refractivity contribution in [2.24, 2.45) is 0 Å². The van der Waals surface area contributed by atoms with E-state index in [2.05, 4.69) is 47.8 Å². The van der Waals surface area contributed by atoms with Crippen LogP contribution in [0, 0.1) is 6.92 Å². The van der Waals surface area contributed by atoms with Crippen LogP contribution >= 0.6 is 47.8 Å². The molecule has 38 heavy (non-hydrogen) atoms. The summed E-state index contributed by atoms with van der Waals surface area (Å²) in [5, 5.41) is 0. The number of amides is 2. The lowest BCUT2D eigenvalue weighted by Gasteiger charge is -2.29. The summed E-state index contributed by atoms with van der Waals surface area (Å²) >= 11 is 10.3. The van der Waals surface area contributed by atoms with Crippen molar-refractivity contribution >= 4 is 82.9 Å². The largest absolute Gasteiger partial charge is 0.443 e. The van der Waals surface area contributed by atoms with Gasteiger partial charge in [-0.2, -0.15) is 0 Å². The molecular weight excluding hydrogens is 688 g/mol. The van der Waals surface area contributed by atoms with Crippen molar-refractivity contribution in [3.8, 4) is 0 Å². The zero-order valence-corrected chi connectivity index (χ0v) is 26.5. The Bertz CT molecular complexity index is 1360. The molecule has 0 N–H and O–H groups in total. The van der Waals surface area contributed by atoms with Gasteiger partial charge in [-0.15, -0.1) is 0 Å². The Morgan fingerprint density at radius 1 is 0.684 bits per heavy atom. The molecule has 8 nitrogen and oxygen atoms in total. The Morgan fingerprint density at radius 3 is 1.50 bits per heavy atom. The second-order valence-corrected chi connectivity index (χ2v) is 13.5. The van der Waals surface area contributed by atoms with Gasteiger partial charge in [-0.25, -0.2) is 19.4 Å². The van der Waals surface area contributed by atoms with Crippen LogP contribution in [0.2, 0.25) is 0 Å². The van der Waals surface area contributed by atoms with Crippen LogP contribution in [0.3, 0.4) is 0 Å². The molecule has 0 aliphatic carbocycles. The number of carbonyl (C=O) groups excluding carboxylic acids is 4. The lowest BCUT2D eigenvalue weighted by Crippen LogP contribution is -2.41. The summed E-state index contributed by atoms with van der Waals surface area (Å²) in [7, 11) is 0. The van der Waals surface area contributed by atoms with Crippen molar-refractivity contribution in [2.45, 2.75) is 59.7 Å². The molecule has 2 aliphatic rings. The van der Waals surface area contributed by atoms with Crippen LogP contribution < -0.4 is 9.80 Å². The predicted octanol–water partition coefficient (Wildman–Crippen LogP) is 8.07. The standard InChI is InChI=1S/C27H25Br3N2O6/c1-12-8-14-18(16(29)9-12)31(24(35)37-26(2,3)4)20(22(14)33)21-23(34)15-10-13(28)11-17(30)19(15)32(21)25(36)38-27(5,6)7/h8-11H,1-7H3/b21-20+. The SMILES string of the molecule is Cc1cc(Br)c2c(c1)C(=O)/C(=C1/C(=O)c3cc(Br)cc(Br)c3N1C(=O)OC(C)(C)C)N2C(=O)OC(C)(C)C. The molecule has 4 rings (SSSR count). The molecule has 0 aromatic heterocycles. The first-order valence-corrected chi connectivity index (χ1v) is 14.0.